The number of pyridine rings is 1. The topological polar surface area (TPSA) is 69.9 Å². The van der Waals surface area contributed by atoms with E-state index in [-0.39, 0.29) is 12.6 Å². The molecule has 4 rings (SSSR count). The number of thiazole rings is 1. The number of ether oxygens (including phenoxy) is 1. The lowest BCUT2D eigenvalue weighted by Crippen LogP contribution is -2.07. The van der Waals surface area contributed by atoms with Gasteiger partial charge in [0.15, 0.2) is 0 Å². The third kappa shape index (κ3) is 3.59. The van der Waals surface area contributed by atoms with Crippen molar-refractivity contribution in [3.05, 3.63) is 64.6 Å². The van der Waals surface area contributed by atoms with Crippen LogP contribution in [0, 0.1) is 13.8 Å². The van der Waals surface area contributed by atoms with Crippen molar-refractivity contribution in [1.82, 2.24) is 19.7 Å². The fourth-order valence-corrected chi connectivity index (χ4v) is 3.68. The largest absolute Gasteiger partial charge is 0.456 e. The van der Waals surface area contributed by atoms with E-state index in [4.69, 9.17) is 4.74 Å². The summed E-state index contributed by atoms with van der Waals surface area (Å²) in [6.07, 6.45) is 3.67. The first kappa shape index (κ1) is 17.4. The highest BCUT2D eigenvalue weighted by atomic mass is 32.1. The van der Waals surface area contributed by atoms with Gasteiger partial charge in [0.1, 0.15) is 11.6 Å². The molecule has 0 unspecified atom stereocenters. The molecule has 0 N–H and O–H groups in total. The molecule has 1 aromatic carbocycles. The molecule has 0 radical (unpaired) electrons. The van der Waals surface area contributed by atoms with Gasteiger partial charge in [-0.2, -0.15) is 5.10 Å². The van der Waals surface area contributed by atoms with Crippen LogP contribution in [0.3, 0.4) is 0 Å². The number of fused-ring (bicyclic) bond motifs is 1. The molecule has 27 heavy (non-hydrogen) atoms. The van der Waals surface area contributed by atoms with Crippen LogP contribution in [0.1, 0.15) is 27.3 Å². The van der Waals surface area contributed by atoms with Gasteiger partial charge in [0.2, 0.25) is 0 Å². The summed E-state index contributed by atoms with van der Waals surface area (Å²) in [5, 5.41) is 7.71. The minimum absolute atomic E-state index is 0.129. The minimum Gasteiger partial charge on any atom is -0.456 e. The molecule has 0 aliphatic rings. The van der Waals surface area contributed by atoms with Crippen LogP contribution in [-0.2, 0) is 18.4 Å². The molecule has 3 aromatic heterocycles. The molecule has 0 atom stereocenters. The first-order valence-corrected chi connectivity index (χ1v) is 9.36. The fraction of sp³-hybridized carbons (Fsp3) is 0.200. The average molecular weight is 378 g/mol. The van der Waals surface area contributed by atoms with Gasteiger partial charge in [0, 0.05) is 35.3 Å². The number of hydrogen-bond donors (Lipinski definition) is 0. The van der Waals surface area contributed by atoms with Gasteiger partial charge < -0.3 is 4.74 Å². The Morgan fingerprint density at radius 3 is 2.85 bits per heavy atom. The van der Waals surface area contributed by atoms with E-state index in [9.17, 15) is 4.79 Å². The summed E-state index contributed by atoms with van der Waals surface area (Å²) < 4.78 is 7.26. The maximum absolute atomic E-state index is 12.7. The highest BCUT2D eigenvalue weighted by Crippen LogP contribution is 2.24. The number of carbonyl (C=O) groups excluding carboxylic acids is 1. The van der Waals surface area contributed by atoms with E-state index < -0.39 is 0 Å². The van der Waals surface area contributed by atoms with Gasteiger partial charge in [-0.15, -0.1) is 11.3 Å². The normalized spacial score (nSPS) is 11.1. The molecule has 0 fully saturated rings. The van der Waals surface area contributed by atoms with Crippen molar-refractivity contribution >= 4 is 28.2 Å². The van der Waals surface area contributed by atoms with Crippen molar-refractivity contribution < 1.29 is 9.53 Å². The van der Waals surface area contributed by atoms with E-state index in [0.717, 1.165) is 38.4 Å². The van der Waals surface area contributed by atoms with Crippen LogP contribution in [0.2, 0.25) is 0 Å². The highest BCUT2D eigenvalue weighted by molar-refractivity contribution is 7.13. The Bertz CT molecular complexity index is 1150. The van der Waals surface area contributed by atoms with Crippen LogP contribution in [0.4, 0.5) is 0 Å². The number of nitrogens with zero attached hydrogens (tertiary/aromatic N) is 4. The predicted molar refractivity (Wildman–Crippen MR) is 105 cm³/mol. The van der Waals surface area contributed by atoms with Gasteiger partial charge >= 0.3 is 5.97 Å². The molecule has 0 aliphatic carbocycles. The van der Waals surface area contributed by atoms with Gasteiger partial charge in [-0.1, -0.05) is 11.6 Å². The van der Waals surface area contributed by atoms with E-state index in [1.165, 1.54) is 11.3 Å². The lowest BCUT2D eigenvalue weighted by atomic mass is 10.1. The second-order valence-electron chi connectivity index (χ2n) is 6.45. The van der Waals surface area contributed by atoms with Crippen molar-refractivity contribution in [3.63, 3.8) is 0 Å². The first-order chi connectivity index (χ1) is 13.0. The quantitative estimate of drug-likeness (QED) is 0.501. The Hall–Kier alpha value is -3.06. The summed E-state index contributed by atoms with van der Waals surface area (Å²) in [5.41, 5.74) is 4.85. The molecule has 0 amide bonds. The zero-order valence-corrected chi connectivity index (χ0v) is 16.1. The van der Waals surface area contributed by atoms with E-state index in [2.05, 4.69) is 15.1 Å². The van der Waals surface area contributed by atoms with E-state index in [1.807, 2.05) is 50.7 Å². The minimum atomic E-state index is -0.368. The Balaban J connectivity index is 1.54. The van der Waals surface area contributed by atoms with Crippen LogP contribution >= 0.6 is 11.3 Å². The van der Waals surface area contributed by atoms with Crippen molar-refractivity contribution in [2.75, 3.05) is 0 Å². The third-order valence-electron chi connectivity index (χ3n) is 4.17. The Morgan fingerprint density at radius 2 is 2.07 bits per heavy atom. The number of benzene rings is 1. The maximum Gasteiger partial charge on any atom is 0.339 e. The molecule has 4 aromatic rings. The van der Waals surface area contributed by atoms with E-state index in [1.54, 1.807) is 16.9 Å². The molecule has 0 saturated heterocycles. The number of carbonyl (C=O) groups is 1. The number of aromatic nitrogens is 4. The van der Waals surface area contributed by atoms with Crippen molar-refractivity contribution in [3.8, 4) is 10.6 Å². The van der Waals surface area contributed by atoms with Gasteiger partial charge in [-0.05, 0) is 32.0 Å². The van der Waals surface area contributed by atoms with Gasteiger partial charge in [0.05, 0.1) is 23.0 Å². The molecule has 0 spiro atoms. The van der Waals surface area contributed by atoms with Crippen LogP contribution in [0.25, 0.3) is 21.5 Å². The van der Waals surface area contributed by atoms with Crippen molar-refractivity contribution in [2.45, 2.75) is 20.5 Å². The smallest absolute Gasteiger partial charge is 0.339 e. The Morgan fingerprint density at radius 1 is 1.22 bits per heavy atom. The second kappa shape index (κ2) is 6.92. The van der Waals surface area contributed by atoms with Crippen LogP contribution in [-0.4, -0.2) is 25.7 Å². The van der Waals surface area contributed by atoms with Crippen LogP contribution in [0.15, 0.2) is 42.0 Å². The molecule has 136 valence electrons. The lowest BCUT2D eigenvalue weighted by Gasteiger charge is -2.08. The summed E-state index contributed by atoms with van der Waals surface area (Å²) in [4.78, 5) is 21.7. The second-order valence-corrected chi connectivity index (χ2v) is 7.31. The fourth-order valence-electron chi connectivity index (χ4n) is 2.90. The summed E-state index contributed by atoms with van der Waals surface area (Å²) in [5.74, 6) is -0.368. The van der Waals surface area contributed by atoms with Gasteiger partial charge in [0.25, 0.3) is 0 Å². The first-order valence-electron chi connectivity index (χ1n) is 8.48. The zero-order valence-electron chi connectivity index (χ0n) is 15.3. The molecular formula is C20H18N4O2S. The number of hydrogen-bond acceptors (Lipinski definition) is 6. The molecule has 0 aliphatic heterocycles. The summed E-state index contributed by atoms with van der Waals surface area (Å²) >= 11 is 1.50. The summed E-state index contributed by atoms with van der Waals surface area (Å²) in [7, 11) is 1.86. The molecule has 3 heterocycles. The highest BCUT2D eigenvalue weighted by Gasteiger charge is 2.15. The van der Waals surface area contributed by atoms with E-state index in [0.29, 0.717) is 5.56 Å². The zero-order chi connectivity index (χ0) is 19.0. The Labute approximate surface area is 160 Å². The number of rotatable bonds is 4. The molecule has 7 heteroatoms. The van der Waals surface area contributed by atoms with Crippen LogP contribution < -0.4 is 0 Å². The lowest BCUT2D eigenvalue weighted by molar-refractivity contribution is 0.0470. The number of esters is 1. The average Bonchev–Trinajstić information content (AvgIpc) is 3.28. The molecule has 0 bridgehead atoms. The van der Waals surface area contributed by atoms with Crippen molar-refractivity contribution in [2.24, 2.45) is 7.05 Å². The SMILES string of the molecule is Cc1ccc2nc(C)cc(C(=O)OCc3csc(-c4cnn(C)c4)n3)c2c1. The van der Waals surface area contributed by atoms with Crippen LogP contribution in [0.5, 0.6) is 0 Å². The van der Waals surface area contributed by atoms with Gasteiger partial charge in [-0.3, -0.25) is 9.67 Å². The standard InChI is InChI=1S/C20H18N4O2S/c1-12-4-5-18-16(6-12)17(7-13(2)22-18)20(25)26-10-15-11-27-19(23-15)14-8-21-24(3)9-14/h4-9,11H,10H2,1-3H3. The third-order valence-corrected chi connectivity index (χ3v) is 5.11. The Kier molecular flexibility index (Phi) is 4.45. The van der Waals surface area contributed by atoms with E-state index >= 15 is 0 Å². The predicted octanol–water partition coefficient (Wildman–Crippen LogP) is 4.07. The van der Waals surface area contributed by atoms with Gasteiger partial charge in [-0.25, -0.2) is 9.78 Å². The summed E-state index contributed by atoms with van der Waals surface area (Å²) in [6.45, 7) is 3.99. The van der Waals surface area contributed by atoms with Crippen molar-refractivity contribution in [1.29, 1.82) is 0 Å². The molecule has 0 saturated carbocycles. The molecule has 6 nitrogen and oxygen atoms in total. The maximum atomic E-state index is 12.7. The summed E-state index contributed by atoms with van der Waals surface area (Å²) in [6, 6.07) is 7.64. The monoisotopic (exact) mass is 378 g/mol. The molecular weight excluding hydrogens is 360 g/mol. The number of aryl methyl sites for hydroxylation is 3.